The van der Waals surface area contributed by atoms with Crippen molar-refractivity contribution in [3.05, 3.63) is 65.0 Å². The van der Waals surface area contributed by atoms with Gasteiger partial charge in [-0.1, -0.05) is 0 Å². The number of halogens is 5. The Kier molecular flexibility index (Phi) is 3.52. The molecule has 0 radical (unpaired) electrons. The van der Waals surface area contributed by atoms with E-state index in [0.29, 0.717) is 18.3 Å². The van der Waals surface area contributed by atoms with Crippen LogP contribution in [0.2, 0.25) is 0 Å². The molecule has 0 saturated carbocycles. The Morgan fingerprint density at radius 3 is 2.25 bits per heavy atom. The number of carbonyl (C=O) groups excluding carboxylic acids is 1. The van der Waals surface area contributed by atoms with E-state index in [9.17, 15) is 26.7 Å². The van der Waals surface area contributed by atoms with E-state index in [1.807, 2.05) is 0 Å². The van der Waals surface area contributed by atoms with Gasteiger partial charge in [-0.15, -0.1) is 0 Å². The fourth-order valence-corrected chi connectivity index (χ4v) is 1.51. The second kappa shape index (κ2) is 4.99. The van der Waals surface area contributed by atoms with Gasteiger partial charge in [0.1, 0.15) is 17.3 Å². The Labute approximate surface area is 109 Å². The number of nitrogens with zero attached hydrogens (tertiary/aromatic N) is 1. The molecule has 2 nitrogen and oxygen atoms in total. The van der Waals surface area contributed by atoms with Gasteiger partial charge in [-0.3, -0.25) is 9.78 Å². The average molecular weight is 287 g/mol. The summed E-state index contributed by atoms with van der Waals surface area (Å²) in [4.78, 5) is 15.2. The molecule has 1 heterocycles. The van der Waals surface area contributed by atoms with E-state index >= 15 is 0 Å². The fourth-order valence-electron chi connectivity index (χ4n) is 1.51. The van der Waals surface area contributed by atoms with E-state index in [1.54, 1.807) is 0 Å². The van der Waals surface area contributed by atoms with Crippen LogP contribution in [0.4, 0.5) is 22.0 Å². The number of ketones is 1. The molecule has 0 atom stereocenters. The molecule has 2 aromatic rings. The van der Waals surface area contributed by atoms with Crippen molar-refractivity contribution in [1.29, 1.82) is 0 Å². The first kappa shape index (κ1) is 14.1. The van der Waals surface area contributed by atoms with Crippen LogP contribution < -0.4 is 0 Å². The van der Waals surface area contributed by atoms with E-state index in [2.05, 4.69) is 4.98 Å². The molecule has 20 heavy (non-hydrogen) atoms. The van der Waals surface area contributed by atoms with Gasteiger partial charge < -0.3 is 0 Å². The average Bonchev–Trinajstić information content (AvgIpc) is 2.37. The monoisotopic (exact) mass is 287 g/mol. The zero-order chi connectivity index (χ0) is 14.9. The minimum atomic E-state index is -4.57. The number of hydrogen-bond donors (Lipinski definition) is 0. The van der Waals surface area contributed by atoms with Crippen molar-refractivity contribution in [3.8, 4) is 0 Å². The molecule has 0 aliphatic rings. The molecule has 0 saturated heterocycles. The summed E-state index contributed by atoms with van der Waals surface area (Å²) >= 11 is 0. The molecule has 1 aromatic carbocycles. The van der Waals surface area contributed by atoms with Crippen LogP contribution in [0.15, 0.2) is 36.5 Å². The second-order valence-electron chi connectivity index (χ2n) is 3.88. The van der Waals surface area contributed by atoms with Crippen molar-refractivity contribution in [2.75, 3.05) is 0 Å². The van der Waals surface area contributed by atoms with Gasteiger partial charge in [0, 0.05) is 12.3 Å². The van der Waals surface area contributed by atoms with Crippen LogP contribution in [0, 0.1) is 11.6 Å². The molecular formula is C13H6F5NO. The van der Waals surface area contributed by atoms with Crippen LogP contribution >= 0.6 is 0 Å². The van der Waals surface area contributed by atoms with Crippen molar-refractivity contribution in [2.24, 2.45) is 0 Å². The molecule has 1 aromatic heterocycles. The lowest BCUT2D eigenvalue weighted by molar-refractivity contribution is -0.137. The molecule has 0 aliphatic carbocycles. The summed E-state index contributed by atoms with van der Waals surface area (Å²) < 4.78 is 63.1. The van der Waals surface area contributed by atoms with Crippen molar-refractivity contribution in [1.82, 2.24) is 4.98 Å². The van der Waals surface area contributed by atoms with Gasteiger partial charge in [-0.25, -0.2) is 8.78 Å². The topological polar surface area (TPSA) is 30.0 Å². The highest BCUT2D eigenvalue weighted by molar-refractivity contribution is 6.07. The third kappa shape index (κ3) is 2.81. The van der Waals surface area contributed by atoms with Gasteiger partial charge >= 0.3 is 6.18 Å². The fraction of sp³-hybridized carbons (Fsp3) is 0.0769. The van der Waals surface area contributed by atoms with Crippen molar-refractivity contribution < 1.29 is 26.7 Å². The molecule has 7 heteroatoms. The van der Waals surface area contributed by atoms with E-state index in [1.165, 1.54) is 0 Å². The predicted octanol–water partition coefficient (Wildman–Crippen LogP) is 3.61. The minimum Gasteiger partial charge on any atom is -0.287 e. The number of pyridine rings is 1. The minimum absolute atomic E-state index is 0.358. The standard InChI is InChI=1S/C13H6F5NO/c14-8-2-3-9(10(15)5-8)12(20)11-4-1-7(6-19-11)13(16,17)18/h1-6H. The SMILES string of the molecule is O=C(c1ccc(C(F)(F)F)cn1)c1ccc(F)cc1F. The van der Waals surface area contributed by atoms with E-state index < -0.39 is 34.7 Å². The summed E-state index contributed by atoms with van der Waals surface area (Å²) in [5.41, 5.74) is -1.84. The van der Waals surface area contributed by atoms with Gasteiger partial charge in [0.05, 0.1) is 11.1 Å². The highest BCUT2D eigenvalue weighted by Crippen LogP contribution is 2.28. The molecule has 0 spiro atoms. The maximum atomic E-state index is 13.4. The van der Waals surface area contributed by atoms with Crippen molar-refractivity contribution >= 4 is 5.78 Å². The Hall–Kier alpha value is -2.31. The molecule has 0 amide bonds. The smallest absolute Gasteiger partial charge is 0.287 e. The molecule has 0 fully saturated rings. The lowest BCUT2D eigenvalue weighted by Gasteiger charge is -2.07. The number of rotatable bonds is 2. The first-order valence-electron chi connectivity index (χ1n) is 5.32. The molecule has 0 bridgehead atoms. The normalized spacial score (nSPS) is 11.4. The zero-order valence-electron chi connectivity index (χ0n) is 9.71. The third-order valence-electron chi connectivity index (χ3n) is 2.50. The highest BCUT2D eigenvalue weighted by atomic mass is 19.4. The molecule has 0 unspecified atom stereocenters. The second-order valence-corrected chi connectivity index (χ2v) is 3.88. The van der Waals surface area contributed by atoms with Crippen molar-refractivity contribution in [3.63, 3.8) is 0 Å². The molecule has 104 valence electrons. The first-order valence-corrected chi connectivity index (χ1v) is 5.32. The van der Waals surface area contributed by atoms with Crippen LogP contribution in [-0.2, 0) is 6.18 Å². The summed E-state index contributed by atoms with van der Waals surface area (Å²) in [6.07, 6.45) is -4.09. The van der Waals surface area contributed by atoms with Crippen LogP contribution in [0.5, 0.6) is 0 Å². The van der Waals surface area contributed by atoms with E-state index in [-0.39, 0.29) is 5.69 Å². The molecular weight excluding hydrogens is 281 g/mol. The Bertz CT molecular complexity index is 649. The zero-order valence-corrected chi connectivity index (χ0v) is 9.71. The maximum absolute atomic E-state index is 13.4. The van der Waals surface area contributed by atoms with E-state index in [4.69, 9.17) is 0 Å². The third-order valence-corrected chi connectivity index (χ3v) is 2.50. The van der Waals surface area contributed by atoms with Gasteiger partial charge in [-0.2, -0.15) is 13.2 Å². The van der Waals surface area contributed by atoms with E-state index in [0.717, 1.165) is 18.2 Å². The van der Waals surface area contributed by atoms with Crippen LogP contribution in [0.3, 0.4) is 0 Å². The molecule has 2 rings (SSSR count). The van der Waals surface area contributed by atoms with Gasteiger partial charge in [-0.05, 0) is 24.3 Å². The van der Waals surface area contributed by atoms with Gasteiger partial charge in [0.2, 0.25) is 5.78 Å². The lowest BCUT2D eigenvalue weighted by atomic mass is 10.1. The quantitative estimate of drug-likeness (QED) is 0.624. The number of alkyl halides is 3. The number of aromatic nitrogens is 1. The summed E-state index contributed by atoms with van der Waals surface area (Å²) in [6.45, 7) is 0. The lowest BCUT2D eigenvalue weighted by Crippen LogP contribution is -2.10. The largest absolute Gasteiger partial charge is 0.417 e. The van der Waals surface area contributed by atoms with Crippen LogP contribution in [0.25, 0.3) is 0 Å². The number of benzene rings is 1. The van der Waals surface area contributed by atoms with Crippen LogP contribution in [-0.4, -0.2) is 10.8 Å². The van der Waals surface area contributed by atoms with Crippen LogP contribution in [0.1, 0.15) is 21.6 Å². The molecule has 0 N–H and O–H groups in total. The Balaban J connectivity index is 2.34. The summed E-state index contributed by atoms with van der Waals surface area (Å²) in [7, 11) is 0. The summed E-state index contributed by atoms with van der Waals surface area (Å²) in [5.74, 6) is -2.88. The maximum Gasteiger partial charge on any atom is 0.417 e. The number of hydrogen-bond acceptors (Lipinski definition) is 2. The predicted molar refractivity (Wildman–Crippen MR) is 59.0 cm³/mol. The Morgan fingerprint density at radius 2 is 1.75 bits per heavy atom. The summed E-state index contributed by atoms with van der Waals surface area (Å²) in [5, 5.41) is 0. The first-order chi connectivity index (χ1) is 9.29. The highest BCUT2D eigenvalue weighted by Gasteiger charge is 2.31. The molecule has 0 aliphatic heterocycles. The Morgan fingerprint density at radius 1 is 1.05 bits per heavy atom. The van der Waals surface area contributed by atoms with Crippen molar-refractivity contribution in [2.45, 2.75) is 6.18 Å². The van der Waals surface area contributed by atoms with Gasteiger partial charge in [0.15, 0.2) is 0 Å². The van der Waals surface area contributed by atoms with Gasteiger partial charge in [0.25, 0.3) is 0 Å². The number of carbonyl (C=O) groups is 1. The summed E-state index contributed by atoms with van der Waals surface area (Å²) in [6, 6.07) is 3.81.